The minimum atomic E-state index is -2.51. The van der Waals surface area contributed by atoms with Crippen LogP contribution in [0.4, 0.5) is 0 Å². The molecule has 172 valence electrons. The van der Waals surface area contributed by atoms with Crippen molar-refractivity contribution in [3.8, 4) is 0 Å². The molecule has 0 atom stereocenters. The first-order chi connectivity index (χ1) is 13.5. The van der Waals surface area contributed by atoms with Crippen LogP contribution in [0.5, 0.6) is 0 Å². The first-order valence-electron chi connectivity index (χ1n) is 13.3. The van der Waals surface area contributed by atoms with Crippen LogP contribution in [-0.4, -0.2) is 29.5 Å². The Morgan fingerprint density at radius 3 is 0.857 bits per heavy atom. The van der Waals surface area contributed by atoms with Crippen molar-refractivity contribution in [2.75, 3.05) is 24.6 Å². The van der Waals surface area contributed by atoms with Gasteiger partial charge in [-0.2, -0.15) is 0 Å². The number of unbranched alkanes of at least 4 members (excludes halogenated alkanes) is 14. The van der Waals surface area contributed by atoms with Gasteiger partial charge >= 0.3 is 180 Å². The molecule has 0 amide bonds. The summed E-state index contributed by atoms with van der Waals surface area (Å²) >= 11 is 0. The van der Waals surface area contributed by atoms with E-state index in [4.69, 9.17) is 0 Å². The summed E-state index contributed by atoms with van der Waals surface area (Å²) in [5, 5.41) is 0. The topological polar surface area (TPSA) is 20.2 Å². The van der Waals surface area contributed by atoms with Crippen LogP contribution in [0.2, 0.25) is 0 Å². The Labute approximate surface area is 179 Å². The Hall–Kier alpha value is 0.390. The van der Waals surface area contributed by atoms with Gasteiger partial charge in [0.2, 0.25) is 0 Å². The van der Waals surface area contributed by atoms with Gasteiger partial charge in [0.1, 0.15) is 0 Å². The first-order valence-corrected chi connectivity index (χ1v) is 16.2. The molecule has 28 heavy (non-hydrogen) atoms. The molecule has 0 spiro atoms. The monoisotopic (exact) mass is 416 g/mol. The van der Waals surface area contributed by atoms with Gasteiger partial charge in [-0.25, -0.2) is 0 Å². The summed E-state index contributed by atoms with van der Waals surface area (Å²) in [6, 6.07) is 0. The van der Waals surface area contributed by atoms with Crippen molar-refractivity contribution < 1.29 is 4.89 Å². The van der Waals surface area contributed by atoms with E-state index in [-0.39, 0.29) is 0 Å². The third kappa shape index (κ3) is 14.4. The van der Waals surface area contributed by atoms with Gasteiger partial charge in [0, 0.05) is 0 Å². The molecule has 0 fully saturated rings. The van der Waals surface area contributed by atoms with E-state index in [0.29, 0.717) is 0 Å². The Morgan fingerprint density at radius 1 is 0.357 bits per heavy atom. The van der Waals surface area contributed by atoms with Gasteiger partial charge < -0.3 is 0 Å². The SMILES string of the molecule is CCCCCCCCP(O)(CCCCCC)(CCCCCC)CCCCCC. The number of hydrogen-bond donors (Lipinski definition) is 1. The predicted octanol–water partition coefficient (Wildman–Crippen LogP) is 9.55. The summed E-state index contributed by atoms with van der Waals surface area (Å²) in [4.78, 5) is 12.4. The van der Waals surface area contributed by atoms with E-state index in [1.807, 2.05) is 0 Å². The van der Waals surface area contributed by atoms with Gasteiger partial charge in [-0.15, -0.1) is 0 Å². The van der Waals surface area contributed by atoms with Gasteiger partial charge in [0.05, 0.1) is 0 Å². The second kappa shape index (κ2) is 18.2. The average molecular weight is 417 g/mol. The molecular formula is C26H57OP. The van der Waals surface area contributed by atoms with Crippen molar-refractivity contribution in [3.63, 3.8) is 0 Å². The summed E-state index contributed by atoms with van der Waals surface area (Å²) in [6.45, 7) is 6.68. The molecule has 0 aromatic carbocycles. The summed E-state index contributed by atoms with van der Waals surface area (Å²) in [5.74, 6) is 0. The normalized spacial score (nSPS) is 13.5. The summed E-state index contributed by atoms with van der Waals surface area (Å²) in [7, 11) is 0. The third-order valence-electron chi connectivity index (χ3n) is 6.84. The van der Waals surface area contributed by atoms with Crippen molar-refractivity contribution in [1.82, 2.24) is 0 Å². The van der Waals surface area contributed by atoms with E-state index in [1.54, 1.807) is 0 Å². The first kappa shape index (κ1) is 28.4. The molecule has 0 unspecified atom stereocenters. The molecule has 0 saturated carbocycles. The van der Waals surface area contributed by atoms with E-state index in [2.05, 4.69) is 27.7 Å². The molecule has 0 bridgehead atoms. The van der Waals surface area contributed by atoms with Crippen LogP contribution in [-0.2, 0) is 0 Å². The van der Waals surface area contributed by atoms with Gasteiger partial charge in [0.25, 0.3) is 0 Å². The van der Waals surface area contributed by atoms with Crippen molar-refractivity contribution in [1.29, 1.82) is 0 Å². The van der Waals surface area contributed by atoms with E-state index in [1.165, 1.54) is 140 Å². The van der Waals surface area contributed by atoms with Gasteiger partial charge in [-0.3, -0.25) is 0 Å². The standard InChI is InChI=1S/C26H57OP/c1-5-9-13-17-18-22-26-28(27,23-19-14-10-6-2,24-20-15-11-7-3)25-21-16-12-8-4/h27H,5-26H2,1-4H3. The number of hydrogen-bond acceptors (Lipinski definition) is 1. The van der Waals surface area contributed by atoms with Crippen molar-refractivity contribution in [3.05, 3.63) is 0 Å². The average Bonchev–Trinajstić information content (AvgIpc) is 2.69. The second-order valence-corrected chi connectivity index (χ2v) is 15.4. The molecule has 1 N–H and O–H groups in total. The fraction of sp³-hybridized carbons (Fsp3) is 1.00. The van der Waals surface area contributed by atoms with Crippen molar-refractivity contribution >= 4 is 6.83 Å². The van der Waals surface area contributed by atoms with Crippen LogP contribution in [0.15, 0.2) is 0 Å². The molecule has 0 aromatic heterocycles. The second-order valence-electron chi connectivity index (χ2n) is 9.75. The Balaban J connectivity index is 4.91. The summed E-state index contributed by atoms with van der Waals surface area (Å²) in [5.41, 5.74) is 0. The van der Waals surface area contributed by atoms with Crippen molar-refractivity contribution in [2.45, 2.75) is 143 Å². The third-order valence-corrected chi connectivity index (χ3v) is 12.7. The molecule has 0 aliphatic rings. The van der Waals surface area contributed by atoms with Crippen LogP contribution in [0.1, 0.15) is 143 Å². The Morgan fingerprint density at radius 2 is 0.571 bits per heavy atom. The molecule has 0 heterocycles. The van der Waals surface area contributed by atoms with E-state index < -0.39 is 6.83 Å². The maximum atomic E-state index is 12.4. The fourth-order valence-electron chi connectivity index (χ4n) is 4.80. The summed E-state index contributed by atoms with van der Waals surface area (Å²) in [6.07, 6.45) is 28.6. The van der Waals surface area contributed by atoms with Crippen LogP contribution in [0.3, 0.4) is 0 Å². The molecular weight excluding hydrogens is 359 g/mol. The van der Waals surface area contributed by atoms with Crippen molar-refractivity contribution in [2.24, 2.45) is 0 Å². The van der Waals surface area contributed by atoms with Crippen LogP contribution < -0.4 is 0 Å². The zero-order valence-corrected chi connectivity index (χ0v) is 21.3. The summed E-state index contributed by atoms with van der Waals surface area (Å²) < 4.78 is 0. The zero-order valence-electron chi connectivity index (χ0n) is 20.5. The van der Waals surface area contributed by atoms with E-state index in [0.717, 1.165) is 0 Å². The molecule has 0 radical (unpaired) electrons. The molecule has 0 rings (SSSR count). The molecule has 0 saturated heterocycles. The predicted molar refractivity (Wildman–Crippen MR) is 134 cm³/mol. The van der Waals surface area contributed by atoms with Crippen LogP contribution >= 0.6 is 6.83 Å². The molecule has 1 nitrogen and oxygen atoms in total. The Bertz CT molecular complexity index is 294. The van der Waals surface area contributed by atoms with Crippen LogP contribution in [0, 0.1) is 0 Å². The molecule has 2 heteroatoms. The van der Waals surface area contributed by atoms with E-state index >= 15 is 0 Å². The minimum absolute atomic E-state index is 1.18. The fourth-order valence-corrected chi connectivity index (χ4v) is 10.3. The van der Waals surface area contributed by atoms with Gasteiger partial charge in [-0.05, 0) is 0 Å². The van der Waals surface area contributed by atoms with E-state index in [9.17, 15) is 4.89 Å². The molecule has 0 aliphatic carbocycles. The molecule has 0 aromatic rings. The van der Waals surface area contributed by atoms with Crippen LogP contribution in [0.25, 0.3) is 0 Å². The maximum absolute atomic E-state index is 12.4. The zero-order chi connectivity index (χ0) is 21.0. The quantitative estimate of drug-likeness (QED) is 0.137. The van der Waals surface area contributed by atoms with Gasteiger partial charge in [0.15, 0.2) is 0 Å². The molecule has 0 aliphatic heterocycles. The van der Waals surface area contributed by atoms with Gasteiger partial charge in [-0.1, -0.05) is 0 Å². The Kier molecular flexibility index (Phi) is 18.4. The number of rotatable bonds is 22.